The van der Waals surface area contributed by atoms with Crippen LogP contribution in [0.5, 0.6) is 0 Å². The van der Waals surface area contributed by atoms with Crippen LogP contribution in [0.4, 0.5) is 0 Å². The van der Waals surface area contributed by atoms with Gasteiger partial charge in [0.05, 0.1) is 25.1 Å². The van der Waals surface area contributed by atoms with E-state index in [1.807, 2.05) is 13.0 Å². The number of methoxy groups -OCH3 is 1. The van der Waals surface area contributed by atoms with E-state index < -0.39 is 5.97 Å². The quantitative estimate of drug-likeness (QED) is 0.743. The third-order valence-electron chi connectivity index (χ3n) is 4.57. The van der Waals surface area contributed by atoms with Crippen molar-refractivity contribution in [3.05, 3.63) is 68.7 Å². The Morgan fingerprint density at radius 2 is 1.80 bits per heavy atom. The van der Waals surface area contributed by atoms with Gasteiger partial charge in [-0.3, -0.25) is 4.79 Å². The number of hydrogen-bond acceptors (Lipinski definition) is 3. The number of fused-ring (bicyclic) bond motifs is 1. The van der Waals surface area contributed by atoms with Crippen LogP contribution in [0.3, 0.4) is 0 Å². The van der Waals surface area contributed by atoms with E-state index in [0.29, 0.717) is 27.7 Å². The van der Waals surface area contributed by atoms with Crippen LogP contribution in [0.2, 0.25) is 10.0 Å². The first kappa shape index (κ1) is 17.8. The van der Waals surface area contributed by atoms with Crippen molar-refractivity contribution in [1.82, 2.24) is 4.90 Å². The lowest BCUT2D eigenvalue weighted by molar-refractivity contribution is -0.132. The summed E-state index contributed by atoms with van der Waals surface area (Å²) in [5.41, 5.74) is 2.91. The summed E-state index contributed by atoms with van der Waals surface area (Å²) in [5.74, 6) is -0.484. The summed E-state index contributed by atoms with van der Waals surface area (Å²) < 4.78 is 4.84. The molecule has 2 aromatic rings. The highest BCUT2D eigenvalue weighted by Gasteiger charge is 2.33. The van der Waals surface area contributed by atoms with Gasteiger partial charge < -0.3 is 9.64 Å². The Balaban J connectivity index is 1.88. The van der Waals surface area contributed by atoms with Gasteiger partial charge in [0.2, 0.25) is 5.91 Å². The Morgan fingerprint density at radius 3 is 2.44 bits per heavy atom. The minimum atomic E-state index is -0.396. The molecule has 1 amide bonds. The van der Waals surface area contributed by atoms with Crippen LogP contribution in [0.25, 0.3) is 0 Å². The Hall–Kier alpha value is -2.04. The number of nitrogens with zero attached hydrogens (tertiary/aromatic N) is 1. The molecule has 0 radical (unpaired) electrons. The molecule has 0 fully saturated rings. The summed E-state index contributed by atoms with van der Waals surface area (Å²) in [7, 11) is 1.35. The molecule has 0 saturated heterocycles. The monoisotopic (exact) mass is 377 g/mol. The topological polar surface area (TPSA) is 46.6 Å². The second-order valence-electron chi connectivity index (χ2n) is 5.94. The molecule has 25 heavy (non-hydrogen) atoms. The van der Waals surface area contributed by atoms with Gasteiger partial charge in [-0.1, -0.05) is 41.4 Å². The Kier molecular flexibility index (Phi) is 5.02. The van der Waals surface area contributed by atoms with Crippen molar-refractivity contribution in [2.45, 2.75) is 25.9 Å². The van der Waals surface area contributed by atoms with E-state index >= 15 is 0 Å². The molecule has 0 N–H and O–H groups in total. The van der Waals surface area contributed by atoms with Gasteiger partial charge >= 0.3 is 5.97 Å². The van der Waals surface area contributed by atoms with Crippen LogP contribution >= 0.6 is 23.2 Å². The number of ether oxygens (including phenoxy) is 1. The van der Waals surface area contributed by atoms with E-state index in [9.17, 15) is 9.59 Å². The first-order valence-electron chi connectivity index (χ1n) is 7.86. The van der Waals surface area contributed by atoms with Gasteiger partial charge in [-0.05, 0) is 41.8 Å². The molecule has 1 aliphatic rings. The average molecular weight is 378 g/mol. The van der Waals surface area contributed by atoms with Gasteiger partial charge in [0.15, 0.2) is 0 Å². The normalized spacial score (nSPS) is 15.8. The predicted molar refractivity (Wildman–Crippen MR) is 96.9 cm³/mol. The molecule has 0 unspecified atom stereocenters. The van der Waals surface area contributed by atoms with Crippen LogP contribution in [-0.2, 0) is 22.5 Å². The Morgan fingerprint density at radius 1 is 1.16 bits per heavy atom. The average Bonchev–Trinajstić information content (AvgIpc) is 2.94. The summed E-state index contributed by atoms with van der Waals surface area (Å²) in [6.45, 7) is 2.31. The van der Waals surface area contributed by atoms with E-state index in [-0.39, 0.29) is 18.4 Å². The summed E-state index contributed by atoms with van der Waals surface area (Å²) in [6.07, 6.45) is 0.115. The number of rotatable bonds is 3. The number of carbonyl (C=O) groups is 2. The lowest BCUT2D eigenvalue weighted by atomic mass is 10.0. The Bertz CT molecular complexity index is 830. The predicted octanol–water partition coefficient (Wildman–Crippen LogP) is 4.43. The number of esters is 1. The first-order chi connectivity index (χ1) is 11.9. The lowest BCUT2D eigenvalue weighted by Crippen LogP contribution is -2.29. The molecule has 3 rings (SSSR count). The molecule has 0 aromatic heterocycles. The zero-order valence-electron chi connectivity index (χ0n) is 13.9. The molecular weight excluding hydrogens is 361 g/mol. The second-order valence-corrected chi connectivity index (χ2v) is 6.75. The number of halogens is 2. The van der Waals surface area contributed by atoms with Gasteiger partial charge in [0.1, 0.15) is 0 Å². The second kappa shape index (κ2) is 7.06. The molecule has 130 valence electrons. The largest absolute Gasteiger partial charge is 0.465 e. The minimum Gasteiger partial charge on any atom is -0.465 e. The van der Waals surface area contributed by atoms with Crippen molar-refractivity contribution in [1.29, 1.82) is 0 Å². The molecule has 1 aliphatic heterocycles. The van der Waals surface area contributed by atoms with Crippen molar-refractivity contribution in [2.24, 2.45) is 0 Å². The van der Waals surface area contributed by atoms with Crippen molar-refractivity contribution in [3.63, 3.8) is 0 Å². The van der Waals surface area contributed by atoms with Crippen LogP contribution < -0.4 is 0 Å². The van der Waals surface area contributed by atoms with Gasteiger partial charge in [-0.15, -0.1) is 0 Å². The highest BCUT2D eigenvalue weighted by Crippen LogP contribution is 2.36. The van der Waals surface area contributed by atoms with Crippen molar-refractivity contribution < 1.29 is 14.3 Å². The van der Waals surface area contributed by atoms with E-state index in [1.54, 1.807) is 35.2 Å². The van der Waals surface area contributed by atoms with Gasteiger partial charge in [0.25, 0.3) is 0 Å². The third-order valence-corrected chi connectivity index (χ3v) is 5.28. The van der Waals surface area contributed by atoms with Crippen molar-refractivity contribution in [3.8, 4) is 0 Å². The summed E-state index contributed by atoms with van der Waals surface area (Å²) in [4.78, 5) is 26.6. The molecule has 0 aliphatic carbocycles. The fourth-order valence-corrected chi connectivity index (χ4v) is 3.74. The fourth-order valence-electron chi connectivity index (χ4n) is 3.21. The van der Waals surface area contributed by atoms with E-state index in [1.165, 1.54) is 7.11 Å². The van der Waals surface area contributed by atoms with Crippen molar-refractivity contribution in [2.75, 3.05) is 7.11 Å². The van der Waals surface area contributed by atoms with Crippen LogP contribution in [0.15, 0.2) is 36.4 Å². The highest BCUT2D eigenvalue weighted by atomic mass is 35.5. The van der Waals surface area contributed by atoms with Gasteiger partial charge in [-0.2, -0.15) is 0 Å². The zero-order chi connectivity index (χ0) is 18.1. The highest BCUT2D eigenvalue weighted by molar-refractivity contribution is 6.36. The summed E-state index contributed by atoms with van der Waals surface area (Å²) in [6, 6.07) is 10.5. The maximum absolute atomic E-state index is 12.8. The molecular formula is C19H17Cl2NO3. The maximum atomic E-state index is 12.8. The fraction of sp³-hybridized carbons (Fsp3) is 0.263. The molecule has 1 heterocycles. The SMILES string of the molecule is COC(=O)c1cccc2c1CN(C(=O)Cc1c(Cl)cccc1Cl)[C@H]2C. The zero-order valence-corrected chi connectivity index (χ0v) is 15.4. The smallest absolute Gasteiger partial charge is 0.338 e. The van der Waals surface area contributed by atoms with E-state index in [4.69, 9.17) is 27.9 Å². The van der Waals surface area contributed by atoms with Crippen LogP contribution in [0, 0.1) is 0 Å². The Labute approximate surface area is 156 Å². The summed E-state index contributed by atoms with van der Waals surface area (Å²) in [5, 5.41) is 0.945. The molecule has 6 heteroatoms. The third kappa shape index (κ3) is 3.24. The van der Waals surface area contributed by atoms with Crippen LogP contribution in [-0.4, -0.2) is 23.9 Å². The lowest BCUT2D eigenvalue weighted by Gasteiger charge is -2.22. The molecule has 1 atom stereocenters. The summed E-state index contributed by atoms with van der Waals surface area (Å²) >= 11 is 12.4. The maximum Gasteiger partial charge on any atom is 0.338 e. The minimum absolute atomic E-state index is 0.0884. The van der Waals surface area contributed by atoms with Crippen LogP contribution in [0.1, 0.15) is 40.0 Å². The number of amides is 1. The standard InChI is InChI=1S/C19H17Cl2NO3/c1-11-12-5-3-6-13(19(24)25-2)15(12)10-22(11)18(23)9-14-16(20)7-4-8-17(14)21/h3-8,11H,9-10H2,1-2H3/t11-/m0/s1. The van der Waals surface area contributed by atoms with Gasteiger partial charge in [-0.25, -0.2) is 4.79 Å². The van der Waals surface area contributed by atoms with Gasteiger partial charge in [0, 0.05) is 16.6 Å². The number of hydrogen-bond donors (Lipinski definition) is 0. The molecule has 0 bridgehead atoms. The first-order valence-corrected chi connectivity index (χ1v) is 8.62. The molecule has 4 nitrogen and oxygen atoms in total. The number of carbonyl (C=O) groups excluding carboxylic acids is 2. The number of benzene rings is 2. The molecule has 0 spiro atoms. The molecule has 2 aromatic carbocycles. The van der Waals surface area contributed by atoms with Crippen molar-refractivity contribution >= 4 is 35.1 Å². The van der Waals surface area contributed by atoms with E-state index in [0.717, 1.165) is 11.1 Å². The molecule has 0 saturated carbocycles. The van der Waals surface area contributed by atoms with E-state index in [2.05, 4.69) is 0 Å².